The van der Waals surface area contributed by atoms with E-state index in [2.05, 4.69) is 10.4 Å². The minimum Gasteiger partial charge on any atom is -0.352 e. The molecule has 3 N–H and O–H groups in total. The van der Waals surface area contributed by atoms with Gasteiger partial charge in [0, 0.05) is 19.8 Å². The van der Waals surface area contributed by atoms with Crippen molar-refractivity contribution < 1.29 is 4.79 Å². The van der Waals surface area contributed by atoms with Crippen LogP contribution in [0.25, 0.3) is 0 Å². The molecule has 94 valence electrons. The lowest BCUT2D eigenvalue weighted by atomic mass is 9.96. The monoisotopic (exact) mass is 236 g/mol. The van der Waals surface area contributed by atoms with Crippen molar-refractivity contribution in [1.29, 1.82) is 0 Å². The van der Waals surface area contributed by atoms with E-state index >= 15 is 0 Å². The second kappa shape index (κ2) is 5.31. The van der Waals surface area contributed by atoms with Crippen LogP contribution in [0.5, 0.6) is 0 Å². The Morgan fingerprint density at radius 1 is 1.59 bits per heavy atom. The molecule has 0 radical (unpaired) electrons. The quantitative estimate of drug-likeness (QED) is 0.800. The lowest BCUT2D eigenvalue weighted by molar-refractivity contribution is 0.0944. The average molecular weight is 236 g/mol. The number of amides is 1. The summed E-state index contributed by atoms with van der Waals surface area (Å²) in [6, 6.07) is 0. The van der Waals surface area contributed by atoms with Crippen LogP contribution in [0.1, 0.15) is 29.6 Å². The summed E-state index contributed by atoms with van der Waals surface area (Å²) >= 11 is 0. The van der Waals surface area contributed by atoms with E-state index in [1.54, 1.807) is 24.1 Å². The second-order valence-electron chi connectivity index (χ2n) is 4.80. The first-order valence-electron chi connectivity index (χ1n) is 6.17. The van der Waals surface area contributed by atoms with Crippen LogP contribution in [0.15, 0.2) is 12.4 Å². The van der Waals surface area contributed by atoms with Gasteiger partial charge in [0.1, 0.15) is 0 Å². The summed E-state index contributed by atoms with van der Waals surface area (Å²) in [7, 11) is 1.80. The molecular weight excluding hydrogens is 216 g/mol. The zero-order chi connectivity index (χ0) is 12.3. The van der Waals surface area contributed by atoms with Crippen molar-refractivity contribution in [3.63, 3.8) is 0 Å². The third-order valence-corrected chi connectivity index (χ3v) is 3.61. The summed E-state index contributed by atoms with van der Waals surface area (Å²) in [5.41, 5.74) is 6.34. The highest BCUT2D eigenvalue weighted by molar-refractivity contribution is 5.93. The summed E-state index contributed by atoms with van der Waals surface area (Å²) in [5.74, 6) is 1.07. The van der Waals surface area contributed by atoms with Crippen molar-refractivity contribution >= 4 is 5.91 Å². The first-order valence-corrected chi connectivity index (χ1v) is 6.17. The van der Waals surface area contributed by atoms with E-state index in [4.69, 9.17) is 5.73 Å². The fourth-order valence-corrected chi connectivity index (χ4v) is 2.56. The van der Waals surface area contributed by atoms with Gasteiger partial charge in [0.25, 0.3) is 5.91 Å². The predicted octanol–water partition coefficient (Wildman–Crippen LogP) is 0.525. The van der Waals surface area contributed by atoms with Gasteiger partial charge < -0.3 is 11.1 Å². The van der Waals surface area contributed by atoms with Gasteiger partial charge in [-0.1, -0.05) is 6.42 Å². The number of aromatic nitrogens is 2. The topological polar surface area (TPSA) is 72.9 Å². The van der Waals surface area contributed by atoms with Crippen molar-refractivity contribution in [3.8, 4) is 0 Å². The molecular formula is C12H20N4O. The van der Waals surface area contributed by atoms with Crippen LogP contribution in [0.4, 0.5) is 0 Å². The first-order chi connectivity index (χ1) is 8.20. The Hall–Kier alpha value is -1.36. The molecule has 17 heavy (non-hydrogen) atoms. The summed E-state index contributed by atoms with van der Waals surface area (Å²) in [6.45, 7) is 1.46. The number of carbonyl (C=O) groups excluding carboxylic acids is 1. The van der Waals surface area contributed by atoms with E-state index < -0.39 is 0 Å². The van der Waals surface area contributed by atoms with Gasteiger partial charge in [-0.15, -0.1) is 0 Å². The lowest BCUT2D eigenvalue weighted by Crippen LogP contribution is -2.32. The van der Waals surface area contributed by atoms with Crippen LogP contribution in [0, 0.1) is 11.8 Å². The Kier molecular flexibility index (Phi) is 3.78. The van der Waals surface area contributed by atoms with E-state index in [9.17, 15) is 4.79 Å². The largest absolute Gasteiger partial charge is 0.352 e. The number of nitrogens with two attached hydrogens (primary N) is 1. The number of hydrogen-bond acceptors (Lipinski definition) is 3. The molecule has 1 fully saturated rings. The molecule has 1 amide bonds. The van der Waals surface area contributed by atoms with Crippen molar-refractivity contribution in [2.45, 2.75) is 19.3 Å². The van der Waals surface area contributed by atoms with Crippen LogP contribution in [0.3, 0.4) is 0 Å². The van der Waals surface area contributed by atoms with Crippen LogP contribution < -0.4 is 11.1 Å². The zero-order valence-corrected chi connectivity index (χ0v) is 10.2. The van der Waals surface area contributed by atoms with E-state index in [1.165, 1.54) is 19.3 Å². The van der Waals surface area contributed by atoms with Gasteiger partial charge in [-0.05, 0) is 31.2 Å². The zero-order valence-electron chi connectivity index (χ0n) is 10.2. The summed E-state index contributed by atoms with van der Waals surface area (Å²) in [4.78, 5) is 11.8. The van der Waals surface area contributed by atoms with Gasteiger partial charge in [-0.2, -0.15) is 5.10 Å². The second-order valence-corrected chi connectivity index (χ2v) is 4.80. The van der Waals surface area contributed by atoms with Crippen molar-refractivity contribution in [3.05, 3.63) is 18.0 Å². The van der Waals surface area contributed by atoms with Crippen molar-refractivity contribution in [2.24, 2.45) is 24.6 Å². The number of carbonyl (C=O) groups is 1. The maximum Gasteiger partial charge on any atom is 0.254 e. The Bertz CT molecular complexity index is 388. The maximum absolute atomic E-state index is 11.8. The minimum atomic E-state index is -0.0410. The number of rotatable bonds is 4. The Morgan fingerprint density at radius 3 is 3.00 bits per heavy atom. The first kappa shape index (κ1) is 12.1. The lowest BCUT2D eigenvalue weighted by Gasteiger charge is -2.17. The van der Waals surface area contributed by atoms with E-state index in [0.717, 1.165) is 13.1 Å². The Morgan fingerprint density at radius 2 is 2.35 bits per heavy atom. The molecule has 1 saturated carbocycles. The molecule has 1 aliphatic rings. The molecule has 1 aromatic rings. The standard InChI is InChI=1S/C12H20N4O/c1-16-8-11(7-15-16)12(17)14-6-10-4-2-3-9(10)5-13/h7-10H,2-6,13H2,1H3,(H,14,17). The summed E-state index contributed by atoms with van der Waals surface area (Å²) < 4.78 is 1.63. The molecule has 5 nitrogen and oxygen atoms in total. The normalized spacial score (nSPS) is 23.9. The van der Waals surface area contributed by atoms with Crippen LogP contribution in [-0.4, -0.2) is 28.8 Å². The fraction of sp³-hybridized carbons (Fsp3) is 0.667. The van der Waals surface area contributed by atoms with Gasteiger partial charge in [-0.3, -0.25) is 9.48 Å². The van der Waals surface area contributed by atoms with E-state index in [-0.39, 0.29) is 5.91 Å². The van der Waals surface area contributed by atoms with Gasteiger partial charge in [-0.25, -0.2) is 0 Å². The van der Waals surface area contributed by atoms with E-state index in [0.29, 0.717) is 17.4 Å². The number of aryl methyl sites for hydroxylation is 1. The highest BCUT2D eigenvalue weighted by atomic mass is 16.1. The molecule has 0 saturated heterocycles. The fourth-order valence-electron chi connectivity index (χ4n) is 2.56. The molecule has 2 atom stereocenters. The SMILES string of the molecule is Cn1cc(C(=O)NCC2CCCC2CN)cn1. The smallest absolute Gasteiger partial charge is 0.254 e. The van der Waals surface area contributed by atoms with Gasteiger partial charge in [0.05, 0.1) is 11.8 Å². The molecule has 2 unspecified atom stereocenters. The maximum atomic E-state index is 11.8. The van der Waals surface area contributed by atoms with Crippen molar-refractivity contribution in [2.75, 3.05) is 13.1 Å². The molecule has 0 spiro atoms. The molecule has 1 aromatic heterocycles. The van der Waals surface area contributed by atoms with Crippen LogP contribution in [-0.2, 0) is 7.05 Å². The molecule has 0 aliphatic heterocycles. The molecule has 1 heterocycles. The molecule has 0 aromatic carbocycles. The highest BCUT2D eigenvalue weighted by Crippen LogP contribution is 2.30. The van der Waals surface area contributed by atoms with Gasteiger partial charge in [0.2, 0.25) is 0 Å². The van der Waals surface area contributed by atoms with Crippen molar-refractivity contribution in [1.82, 2.24) is 15.1 Å². The number of nitrogens with one attached hydrogen (secondary N) is 1. The van der Waals surface area contributed by atoms with Gasteiger partial charge in [0.15, 0.2) is 0 Å². The average Bonchev–Trinajstić information content (AvgIpc) is 2.94. The third kappa shape index (κ3) is 2.85. The number of nitrogens with zero attached hydrogens (tertiary/aromatic N) is 2. The summed E-state index contributed by atoms with van der Waals surface area (Å²) in [6.07, 6.45) is 6.92. The predicted molar refractivity (Wildman–Crippen MR) is 65.4 cm³/mol. The molecule has 1 aliphatic carbocycles. The van der Waals surface area contributed by atoms with E-state index in [1.807, 2.05) is 0 Å². The van der Waals surface area contributed by atoms with Gasteiger partial charge >= 0.3 is 0 Å². The summed E-state index contributed by atoms with van der Waals surface area (Å²) in [5, 5.41) is 6.96. The highest BCUT2D eigenvalue weighted by Gasteiger charge is 2.26. The van der Waals surface area contributed by atoms with Crippen LogP contribution in [0.2, 0.25) is 0 Å². The Balaban J connectivity index is 1.84. The number of hydrogen-bond donors (Lipinski definition) is 2. The third-order valence-electron chi connectivity index (χ3n) is 3.61. The minimum absolute atomic E-state index is 0.0410. The molecule has 5 heteroatoms. The Labute approximate surface area is 101 Å². The van der Waals surface area contributed by atoms with Crippen LogP contribution >= 0.6 is 0 Å². The molecule has 0 bridgehead atoms. The molecule has 2 rings (SSSR count).